The van der Waals surface area contributed by atoms with Gasteiger partial charge in [-0.1, -0.05) is 13.8 Å². The highest BCUT2D eigenvalue weighted by Crippen LogP contribution is 2.35. The van der Waals surface area contributed by atoms with Crippen molar-refractivity contribution in [3.8, 4) is 34.1 Å². The van der Waals surface area contributed by atoms with E-state index in [1.54, 1.807) is 0 Å². The molecule has 196 valence electrons. The number of phenols is 2. The Bertz CT molecular complexity index is 1290. The molecule has 0 aliphatic heterocycles. The molecule has 2 N–H and O–H groups in total. The third-order valence-electron chi connectivity index (χ3n) is 5.85. The van der Waals surface area contributed by atoms with Crippen LogP contribution >= 0.6 is 0 Å². The Morgan fingerprint density at radius 1 is 0.526 bits per heavy atom. The van der Waals surface area contributed by atoms with Crippen LogP contribution in [0.2, 0.25) is 0 Å². The second kappa shape index (κ2) is 12.1. The number of aromatic hydroxyl groups is 2. The van der Waals surface area contributed by atoms with E-state index in [0.29, 0.717) is 22.6 Å². The van der Waals surface area contributed by atoms with Crippen LogP contribution in [0.15, 0.2) is 72.8 Å². The standard InChI is InChI=1S/C30H26O6.C2H6/c1-17-13-23(14-18(2)27(17)35-29(33)21-5-9-25(31)10-6-21)24-15-19(3)28(20(4)16-24)36-30(34)22-7-11-26(32)12-8-22;1-2/h5-16,31-32H,1-4H3;1-2H3. The fraction of sp³-hybridized carbons (Fsp3) is 0.188. The molecule has 0 aromatic heterocycles. The van der Waals surface area contributed by atoms with E-state index in [2.05, 4.69) is 0 Å². The van der Waals surface area contributed by atoms with Crippen LogP contribution in [-0.2, 0) is 0 Å². The van der Waals surface area contributed by atoms with Crippen molar-refractivity contribution in [2.75, 3.05) is 0 Å². The molecule has 6 nitrogen and oxygen atoms in total. The Balaban J connectivity index is 0.00000195. The first kappa shape index (κ1) is 28.0. The molecule has 0 amide bonds. The zero-order chi connectivity index (χ0) is 28.0. The normalized spacial score (nSPS) is 10.3. The third kappa shape index (κ3) is 6.40. The lowest BCUT2D eigenvalue weighted by Gasteiger charge is -2.16. The first-order valence-electron chi connectivity index (χ1n) is 12.4. The minimum Gasteiger partial charge on any atom is -0.508 e. The molecule has 0 unspecified atom stereocenters. The largest absolute Gasteiger partial charge is 0.508 e. The van der Waals surface area contributed by atoms with E-state index >= 15 is 0 Å². The summed E-state index contributed by atoms with van der Waals surface area (Å²) < 4.78 is 11.3. The number of carbonyl (C=O) groups is 2. The maximum absolute atomic E-state index is 12.6. The first-order valence-corrected chi connectivity index (χ1v) is 12.4. The fourth-order valence-electron chi connectivity index (χ4n) is 4.05. The summed E-state index contributed by atoms with van der Waals surface area (Å²) in [6.07, 6.45) is 0. The number of carbonyl (C=O) groups excluding carboxylic acids is 2. The van der Waals surface area contributed by atoms with E-state index in [-0.39, 0.29) is 11.5 Å². The summed E-state index contributed by atoms with van der Waals surface area (Å²) in [7, 11) is 0. The molecule has 0 spiro atoms. The van der Waals surface area contributed by atoms with Crippen molar-refractivity contribution in [3.63, 3.8) is 0 Å². The monoisotopic (exact) mass is 512 g/mol. The molecule has 4 aromatic carbocycles. The molecule has 0 radical (unpaired) electrons. The Kier molecular flexibility index (Phi) is 8.92. The van der Waals surface area contributed by atoms with Crippen LogP contribution in [0.5, 0.6) is 23.0 Å². The zero-order valence-electron chi connectivity index (χ0n) is 22.5. The van der Waals surface area contributed by atoms with Gasteiger partial charge >= 0.3 is 11.9 Å². The van der Waals surface area contributed by atoms with E-state index < -0.39 is 11.9 Å². The van der Waals surface area contributed by atoms with Gasteiger partial charge in [0.1, 0.15) is 23.0 Å². The van der Waals surface area contributed by atoms with Gasteiger partial charge in [0.25, 0.3) is 0 Å². The maximum atomic E-state index is 12.6. The summed E-state index contributed by atoms with van der Waals surface area (Å²) in [5, 5.41) is 18.9. The summed E-state index contributed by atoms with van der Waals surface area (Å²) in [5.41, 5.74) is 5.78. The van der Waals surface area contributed by atoms with Crippen LogP contribution in [0.1, 0.15) is 56.8 Å². The number of hydrogen-bond donors (Lipinski definition) is 2. The molecule has 6 heteroatoms. The minimum absolute atomic E-state index is 0.0787. The van der Waals surface area contributed by atoms with E-state index in [1.165, 1.54) is 48.5 Å². The van der Waals surface area contributed by atoms with Gasteiger partial charge in [0, 0.05) is 0 Å². The Morgan fingerprint density at radius 2 is 0.789 bits per heavy atom. The second-order valence-corrected chi connectivity index (χ2v) is 8.75. The van der Waals surface area contributed by atoms with Gasteiger partial charge in [-0.25, -0.2) is 9.59 Å². The van der Waals surface area contributed by atoms with Crippen LogP contribution in [0.3, 0.4) is 0 Å². The average Bonchev–Trinajstić information content (AvgIpc) is 2.89. The number of aryl methyl sites for hydroxylation is 4. The predicted octanol–water partition coefficient (Wildman–Crippen LogP) is 7.46. The summed E-state index contributed by atoms with van der Waals surface area (Å²) >= 11 is 0. The molecule has 0 saturated heterocycles. The van der Waals surface area contributed by atoms with Crippen LogP contribution in [-0.4, -0.2) is 22.2 Å². The SMILES string of the molecule is CC.Cc1cc(-c2cc(C)c(OC(=O)c3ccc(O)cc3)c(C)c2)cc(C)c1OC(=O)c1ccc(O)cc1. The molecule has 0 saturated carbocycles. The maximum Gasteiger partial charge on any atom is 0.343 e. The topological polar surface area (TPSA) is 93.1 Å². The molecular formula is C32H32O6. The van der Waals surface area contributed by atoms with Crippen molar-refractivity contribution in [3.05, 3.63) is 106 Å². The van der Waals surface area contributed by atoms with Gasteiger partial charge < -0.3 is 19.7 Å². The van der Waals surface area contributed by atoms with E-state index in [4.69, 9.17) is 9.47 Å². The van der Waals surface area contributed by atoms with Crippen LogP contribution < -0.4 is 9.47 Å². The lowest BCUT2D eigenvalue weighted by Crippen LogP contribution is -2.10. The van der Waals surface area contributed by atoms with E-state index in [9.17, 15) is 19.8 Å². The van der Waals surface area contributed by atoms with Gasteiger partial charge in [-0.2, -0.15) is 0 Å². The molecule has 0 atom stereocenters. The number of ether oxygens (including phenoxy) is 2. The number of hydrogen-bond acceptors (Lipinski definition) is 6. The second-order valence-electron chi connectivity index (χ2n) is 8.75. The number of rotatable bonds is 5. The highest BCUT2D eigenvalue weighted by atomic mass is 16.5. The summed E-state index contributed by atoms with van der Waals surface area (Å²) in [6.45, 7) is 11.5. The van der Waals surface area contributed by atoms with Crippen molar-refractivity contribution >= 4 is 11.9 Å². The summed E-state index contributed by atoms with van der Waals surface area (Å²) in [5.74, 6) is 0.139. The molecular weight excluding hydrogens is 480 g/mol. The quantitative estimate of drug-likeness (QED) is 0.213. The Hall–Kier alpha value is -4.58. The highest BCUT2D eigenvalue weighted by Gasteiger charge is 2.17. The molecule has 0 bridgehead atoms. The van der Waals surface area contributed by atoms with E-state index in [0.717, 1.165) is 33.4 Å². The van der Waals surface area contributed by atoms with Crippen LogP contribution in [0.25, 0.3) is 11.1 Å². The van der Waals surface area contributed by atoms with Crippen molar-refractivity contribution in [1.29, 1.82) is 0 Å². The smallest absolute Gasteiger partial charge is 0.343 e. The molecule has 38 heavy (non-hydrogen) atoms. The highest BCUT2D eigenvalue weighted by molar-refractivity contribution is 5.92. The number of benzene rings is 4. The number of esters is 2. The minimum atomic E-state index is -0.500. The van der Waals surface area contributed by atoms with Crippen LogP contribution in [0, 0.1) is 27.7 Å². The fourth-order valence-corrected chi connectivity index (χ4v) is 4.05. The van der Waals surface area contributed by atoms with E-state index in [1.807, 2.05) is 65.8 Å². The molecule has 0 heterocycles. The lowest BCUT2D eigenvalue weighted by atomic mass is 9.96. The van der Waals surface area contributed by atoms with Gasteiger partial charge in [-0.3, -0.25) is 0 Å². The molecule has 0 aliphatic rings. The average molecular weight is 513 g/mol. The van der Waals surface area contributed by atoms with Crippen molar-refractivity contribution in [2.45, 2.75) is 41.5 Å². The molecule has 4 aromatic rings. The van der Waals surface area contributed by atoms with Crippen molar-refractivity contribution in [2.24, 2.45) is 0 Å². The van der Waals surface area contributed by atoms with Gasteiger partial charge in [-0.15, -0.1) is 0 Å². The Morgan fingerprint density at radius 3 is 1.05 bits per heavy atom. The lowest BCUT2D eigenvalue weighted by molar-refractivity contribution is 0.0723. The van der Waals surface area contributed by atoms with Gasteiger partial charge in [-0.05, 0) is 134 Å². The Labute approximate surface area is 223 Å². The molecule has 0 aliphatic carbocycles. The zero-order valence-corrected chi connectivity index (χ0v) is 22.5. The molecule has 0 fully saturated rings. The van der Waals surface area contributed by atoms with Crippen molar-refractivity contribution in [1.82, 2.24) is 0 Å². The van der Waals surface area contributed by atoms with Gasteiger partial charge in [0.2, 0.25) is 0 Å². The van der Waals surface area contributed by atoms with Gasteiger partial charge in [0.05, 0.1) is 11.1 Å². The van der Waals surface area contributed by atoms with Crippen molar-refractivity contribution < 1.29 is 29.3 Å². The first-order chi connectivity index (χ1) is 18.1. The predicted molar refractivity (Wildman–Crippen MR) is 148 cm³/mol. The molecule has 4 rings (SSSR count). The van der Waals surface area contributed by atoms with Crippen LogP contribution in [0.4, 0.5) is 0 Å². The third-order valence-corrected chi connectivity index (χ3v) is 5.85. The summed E-state index contributed by atoms with van der Waals surface area (Å²) in [6, 6.07) is 19.6. The number of phenolic OH excluding ortho intramolecular Hbond substituents is 2. The summed E-state index contributed by atoms with van der Waals surface area (Å²) in [4.78, 5) is 25.1. The van der Waals surface area contributed by atoms with Gasteiger partial charge in [0.15, 0.2) is 0 Å².